The van der Waals surface area contributed by atoms with Crippen LogP contribution < -0.4 is 5.32 Å². The van der Waals surface area contributed by atoms with Gasteiger partial charge in [0.1, 0.15) is 5.82 Å². The first-order chi connectivity index (χ1) is 8.58. The molecule has 0 aromatic heterocycles. The number of rotatable bonds is 2. The zero-order valence-corrected chi connectivity index (χ0v) is 12.3. The molecule has 0 aliphatic carbocycles. The summed E-state index contributed by atoms with van der Waals surface area (Å²) in [4.78, 5) is 12.0. The zero-order valence-electron chi connectivity index (χ0n) is 9.08. The largest absolute Gasteiger partial charge is 0.320 e. The van der Waals surface area contributed by atoms with Crippen LogP contribution in [-0.2, 0) is 0 Å². The zero-order chi connectivity index (χ0) is 13.1. The lowest BCUT2D eigenvalue weighted by Crippen LogP contribution is -2.12. The molecule has 0 aliphatic heterocycles. The summed E-state index contributed by atoms with van der Waals surface area (Å²) in [5.41, 5.74) is 1.05. The third-order valence-electron chi connectivity index (χ3n) is 2.31. The standard InChI is InChI=1S/C13H8Br2FNO/c14-10-2-1-3-11(15)12(10)17-13(18)8-4-6-9(16)7-5-8/h1-7H,(H,17,18). The summed E-state index contributed by atoms with van der Waals surface area (Å²) < 4.78 is 14.3. The maximum atomic E-state index is 12.8. The van der Waals surface area contributed by atoms with Crippen LogP contribution in [0.2, 0.25) is 0 Å². The van der Waals surface area contributed by atoms with Crippen molar-refractivity contribution in [3.8, 4) is 0 Å². The molecule has 1 N–H and O–H groups in total. The van der Waals surface area contributed by atoms with Gasteiger partial charge in [-0.25, -0.2) is 4.39 Å². The Hall–Kier alpha value is -1.20. The highest BCUT2D eigenvalue weighted by Crippen LogP contribution is 2.30. The van der Waals surface area contributed by atoms with Crippen LogP contribution in [-0.4, -0.2) is 5.91 Å². The van der Waals surface area contributed by atoms with E-state index >= 15 is 0 Å². The molecule has 2 nitrogen and oxygen atoms in total. The number of benzene rings is 2. The Morgan fingerprint density at radius 1 is 1.00 bits per heavy atom. The number of para-hydroxylation sites is 1. The molecule has 0 radical (unpaired) electrons. The number of anilines is 1. The highest BCUT2D eigenvalue weighted by Gasteiger charge is 2.10. The van der Waals surface area contributed by atoms with Crippen molar-refractivity contribution in [3.05, 3.63) is 62.8 Å². The molecule has 5 heteroatoms. The normalized spacial score (nSPS) is 10.2. The quantitative estimate of drug-likeness (QED) is 0.819. The molecule has 0 fully saturated rings. The van der Waals surface area contributed by atoms with Crippen molar-refractivity contribution in [2.75, 3.05) is 5.32 Å². The second kappa shape index (κ2) is 5.63. The minimum absolute atomic E-state index is 0.289. The molecule has 18 heavy (non-hydrogen) atoms. The van der Waals surface area contributed by atoms with Crippen LogP contribution >= 0.6 is 31.9 Å². The van der Waals surface area contributed by atoms with Gasteiger partial charge in [-0.15, -0.1) is 0 Å². The lowest BCUT2D eigenvalue weighted by Gasteiger charge is -2.09. The highest BCUT2D eigenvalue weighted by molar-refractivity contribution is 9.11. The molecule has 2 aromatic rings. The number of carbonyl (C=O) groups excluding carboxylic acids is 1. The lowest BCUT2D eigenvalue weighted by molar-refractivity contribution is 0.102. The summed E-state index contributed by atoms with van der Waals surface area (Å²) in [5.74, 6) is -0.656. The Bertz CT molecular complexity index is 564. The minimum atomic E-state index is -0.367. The maximum Gasteiger partial charge on any atom is 0.255 e. The Morgan fingerprint density at radius 3 is 2.11 bits per heavy atom. The summed E-state index contributed by atoms with van der Waals surface area (Å²) in [6.07, 6.45) is 0. The average Bonchev–Trinajstić information content (AvgIpc) is 2.34. The molecule has 0 aliphatic rings. The van der Waals surface area contributed by atoms with Gasteiger partial charge in [-0.1, -0.05) is 6.07 Å². The molecule has 0 unspecified atom stereocenters. The van der Waals surface area contributed by atoms with E-state index in [1.165, 1.54) is 24.3 Å². The SMILES string of the molecule is O=C(Nc1c(Br)cccc1Br)c1ccc(F)cc1. The number of hydrogen-bond acceptors (Lipinski definition) is 1. The van der Waals surface area contributed by atoms with Gasteiger partial charge in [0.25, 0.3) is 5.91 Å². The maximum absolute atomic E-state index is 12.8. The fourth-order valence-corrected chi connectivity index (χ4v) is 2.60. The second-order valence-corrected chi connectivity index (χ2v) is 5.27. The third-order valence-corrected chi connectivity index (χ3v) is 3.63. The lowest BCUT2D eigenvalue weighted by atomic mass is 10.2. The molecule has 92 valence electrons. The first-order valence-electron chi connectivity index (χ1n) is 5.09. The van der Waals surface area contributed by atoms with E-state index < -0.39 is 0 Å². The molecule has 0 spiro atoms. The van der Waals surface area contributed by atoms with E-state index in [0.29, 0.717) is 11.3 Å². The molecule has 0 bridgehead atoms. The summed E-state index contributed by atoms with van der Waals surface area (Å²) in [6.45, 7) is 0. The summed E-state index contributed by atoms with van der Waals surface area (Å²) in [7, 11) is 0. The first-order valence-corrected chi connectivity index (χ1v) is 6.67. The first kappa shape index (κ1) is 13.2. The Morgan fingerprint density at radius 2 is 1.56 bits per heavy atom. The summed E-state index contributed by atoms with van der Waals surface area (Å²) >= 11 is 6.71. The van der Waals surface area contributed by atoms with Crippen LogP contribution in [0.15, 0.2) is 51.4 Å². The van der Waals surface area contributed by atoms with Gasteiger partial charge in [0.2, 0.25) is 0 Å². The summed E-state index contributed by atoms with van der Waals surface area (Å²) in [6, 6.07) is 10.9. The van der Waals surface area contributed by atoms with Crippen molar-refractivity contribution in [1.29, 1.82) is 0 Å². The van der Waals surface area contributed by atoms with Crippen LogP contribution in [0.1, 0.15) is 10.4 Å². The van der Waals surface area contributed by atoms with E-state index in [-0.39, 0.29) is 11.7 Å². The Kier molecular flexibility index (Phi) is 4.14. The van der Waals surface area contributed by atoms with Crippen molar-refractivity contribution >= 4 is 43.5 Å². The van der Waals surface area contributed by atoms with Gasteiger partial charge in [-0.2, -0.15) is 0 Å². The van der Waals surface area contributed by atoms with Gasteiger partial charge in [-0.3, -0.25) is 4.79 Å². The van der Waals surface area contributed by atoms with Crippen molar-refractivity contribution in [1.82, 2.24) is 0 Å². The molecule has 0 heterocycles. The summed E-state index contributed by atoms with van der Waals surface area (Å²) in [5, 5.41) is 2.76. The topological polar surface area (TPSA) is 29.1 Å². The molecule has 1 amide bonds. The predicted molar refractivity (Wildman–Crippen MR) is 76.2 cm³/mol. The van der Waals surface area contributed by atoms with Crippen molar-refractivity contribution < 1.29 is 9.18 Å². The van der Waals surface area contributed by atoms with Crippen LogP contribution in [0.3, 0.4) is 0 Å². The van der Waals surface area contributed by atoms with Crippen molar-refractivity contribution in [2.45, 2.75) is 0 Å². The molecular weight excluding hydrogens is 365 g/mol. The number of nitrogens with one attached hydrogen (secondary N) is 1. The molecule has 2 rings (SSSR count). The number of hydrogen-bond donors (Lipinski definition) is 1. The van der Waals surface area contributed by atoms with Gasteiger partial charge >= 0.3 is 0 Å². The van der Waals surface area contributed by atoms with Crippen LogP contribution in [0.5, 0.6) is 0 Å². The van der Waals surface area contributed by atoms with E-state index in [2.05, 4.69) is 37.2 Å². The molecule has 0 saturated carbocycles. The van der Waals surface area contributed by atoms with Gasteiger partial charge in [0, 0.05) is 14.5 Å². The van der Waals surface area contributed by atoms with Gasteiger partial charge in [0.15, 0.2) is 0 Å². The Labute approximate surface area is 120 Å². The molecule has 0 saturated heterocycles. The van der Waals surface area contributed by atoms with Gasteiger partial charge < -0.3 is 5.32 Å². The van der Waals surface area contributed by atoms with Crippen LogP contribution in [0, 0.1) is 5.82 Å². The molecule has 0 atom stereocenters. The number of carbonyl (C=O) groups is 1. The predicted octanol–water partition coefficient (Wildman–Crippen LogP) is 4.60. The average molecular weight is 373 g/mol. The third kappa shape index (κ3) is 2.97. The van der Waals surface area contributed by atoms with Crippen LogP contribution in [0.25, 0.3) is 0 Å². The van der Waals surface area contributed by atoms with E-state index in [4.69, 9.17) is 0 Å². The van der Waals surface area contributed by atoms with Crippen LogP contribution in [0.4, 0.5) is 10.1 Å². The highest BCUT2D eigenvalue weighted by atomic mass is 79.9. The van der Waals surface area contributed by atoms with Crippen molar-refractivity contribution in [3.63, 3.8) is 0 Å². The number of amides is 1. The van der Waals surface area contributed by atoms with Gasteiger partial charge in [-0.05, 0) is 68.3 Å². The fraction of sp³-hybridized carbons (Fsp3) is 0. The van der Waals surface area contributed by atoms with E-state index in [1.807, 2.05) is 18.2 Å². The monoisotopic (exact) mass is 371 g/mol. The van der Waals surface area contributed by atoms with Gasteiger partial charge in [0.05, 0.1) is 5.69 Å². The Balaban J connectivity index is 2.24. The number of halogens is 3. The minimum Gasteiger partial charge on any atom is -0.320 e. The molecule has 2 aromatic carbocycles. The second-order valence-electron chi connectivity index (χ2n) is 3.56. The van der Waals surface area contributed by atoms with E-state index in [9.17, 15) is 9.18 Å². The van der Waals surface area contributed by atoms with E-state index in [1.54, 1.807) is 0 Å². The van der Waals surface area contributed by atoms with Crippen molar-refractivity contribution in [2.24, 2.45) is 0 Å². The molecular formula is C13H8Br2FNO. The fourth-order valence-electron chi connectivity index (χ4n) is 1.40. The smallest absolute Gasteiger partial charge is 0.255 e. The van der Waals surface area contributed by atoms with E-state index in [0.717, 1.165) is 8.95 Å².